The Morgan fingerprint density at radius 3 is 2.33 bits per heavy atom. The molecule has 0 saturated heterocycles. The fourth-order valence-corrected chi connectivity index (χ4v) is 1.15. The molecule has 0 aromatic rings. The van der Waals surface area contributed by atoms with Crippen molar-refractivity contribution >= 4 is 5.78 Å². The highest BCUT2D eigenvalue weighted by Crippen LogP contribution is 2.10. The number of carbonyl (C=O) groups is 1. The third-order valence-electron chi connectivity index (χ3n) is 2.29. The molecular formula is C10H21NO. The smallest absolute Gasteiger partial charge is 0.132 e. The highest BCUT2D eigenvalue weighted by molar-refractivity contribution is 5.77. The monoisotopic (exact) mass is 171 g/mol. The molecule has 0 aromatic heterocycles. The zero-order valence-corrected chi connectivity index (χ0v) is 8.31. The summed E-state index contributed by atoms with van der Waals surface area (Å²) in [6.45, 7) is 4.47. The molecule has 12 heavy (non-hydrogen) atoms. The van der Waals surface area contributed by atoms with Gasteiger partial charge in [0.15, 0.2) is 0 Å². The summed E-state index contributed by atoms with van der Waals surface area (Å²) in [5.41, 5.74) is 5.36. The van der Waals surface area contributed by atoms with E-state index in [0.29, 0.717) is 5.78 Å². The summed E-state index contributed by atoms with van der Waals surface area (Å²) in [4.78, 5) is 10.8. The van der Waals surface area contributed by atoms with E-state index >= 15 is 0 Å². The molecule has 2 N–H and O–H groups in total. The van der Waals surface area contributed by atoms with Crippen molar-refractivity contribution in [3.05, 3.63) is 0 Å². The van der Waals surface area contributed by atoms with Crippen LogP contribution in [0, 0.1) is 5.92 Å². The van der Waals surface area contributed by atoms with Crippen LogP contribution in [-0.2, 0) is 4.79 Å². The Hall–Kier alpha value is -0.370. The van der Waals surface area contributed by atoms with E-state index in [-0.39, 0.29) is 5.92 Å². The van der Waals surface area contributed by atoms with Crippen molar-refractivity contribution < 1.29 is 4.79 Å². The van der Waals surface area contributed by atoms with E-state index in [1.165, 1.54) is 19.3 Å². The van der Waals surface area contributed by atoms with Gasteiger partial charge in [-0.05, 0) is 26.3 Å². The lowest BCUT2D eigenvalue weighted by Gasteiger charge is -2.05. The molecule has 0 bridgehead atoms. The molecule has 0 heterocycles. The quantitative estimate of drug-likeness (QED) is 0.596. The number of hydrogen-bond donors (Lipinski definition) is 1. The summed E-state index contributed by atoms with van der Waals surface area (Å²) in [7, 11) is 0. The van der Waals surface area contributed by atoms with Crippen molar-refractivity contribution in [2.75, 3.05) is 6.54 Å². The van der Waals surface area contributed by atoms with Crippen molar-refractivity contribution in [3.8, 4) is 0 Å². The Bertz CT molecular complexity index is 123. The maximum Gasteiger partial charge on any atom is 0.132 e. The van der Waals surface area contributed by atoms with Gasteiger partial charge < -0.3 is 5.73 Å². The van der Waals surface area contributed by atoms with Crippen LogP contribution in [-0.4, -0.2) is 12.3 Å². The first-order chi connectivity index (χ1) is 5.68. The van der Waals surface area contributed by atoms with Gasteiger partial charge in [-0.15, -0.1) is 0 Å². The second kappa shape index (κ2) is 7.29. The number of Topliss-reactive ketones (excluding diaryl/α,β-unsaturated/α-hetero) is 1. The first-order valence-electron chi connectivity index (χ1n) is 4.89. The van der Waals surface area contributed by atoms with Crippen LogP contribution in [0.1, 0.15) is 46.0 Å². The van der Waals surface area contributed by atoms with Crippen molar-refractivity contribution in [2.24, 2.45) is 11.7 Å². The molecule has 1 unspecified atom stereocenters. The molecule has 1 atom stereocenters. The number of nitrogens with two attached hydrogens (primary N) is 1. The third kappa shape index (κ3) is 6.35. The van der Waals surface area contributed by atoms with Crippen molar-refractivity contribution in [1.29, 1.82) is 0 Å². The van der Waals surface area contributed by atoms with Crippen LogP contribution in [0.4, 0.5) is 0 Å². The number of hydrogen-bond acceptors (Lipinski definition) is 2. The highest BCUT2D eigenvalue weighted by atomic mass is 16.1. The Balaban J connectivity index is 3.14. The largest absolute Gasteiger partial charge is 0.330 e. The molecule has 0 amide bonds. The number of carbonyl (C=O) groups excluding carboxylic acids is 1. The number of rotatable bonds is 7. The predicted molar refractivity (Wildman–Crippen MR) is 52.0 cm³/mol. The van der Waals surface area contributed by atoms with Crippen LogP contribution in [0.5, 0.6) is 0 Å². The van der Waals surface area contributed by atoms with Crippen LogP contribution in [0.15, 0.2) is 0 Å². The molecule has 0 saturated carbocycles. The van der Waals surface area contributed by atoms with Gasteiger partial charge in [-0.1, -0.05) is 26.2 Å². The van der Waals surface area contributed by atoms with E-state index in [1.54, 1.807) is 6.92 Å². The molecule has 0 aliphatic rings. The summed E-state index contributed by atoms with van der Waals surface area (Å²) >= 11 is 0. The van der Waals surface area contributed by atoms with Gasteiger partial charge in [-0.3, -0.25) is 4.79 Å². The van der Waals surface area contributed by atoms with Crippen LogP contribution in [0.2, 0.25) is 0 Å². The van der Waals surface area contributed by atoms with Crippen LogP contribution in [0.3, 0.4) is 0 Å². The molecule has 2 heteroatoms. The third-order valence-corrected chi connectivity index (χ3v) is 2.29. The van der Waals surface area contributed by atoms with E-state index in [4.69, 9.17) is 5.73 Å². The Kier molecular flexibility index (Phi) is 7.06. The van der Waals surface area contributed by atoms with Crippen molar-refractivity contribution in [3.63, 3.8) is 0 Å². The highest BCUT2D eigenvalue weighted by Gasteiger charge is 2.05. The molecule has 0 fully saturated rings. The zero-order valence-electron chi connectivity index (χ0n) is 8.31. The van der Waals surface area contributed by atoms with Gasteiger partial charge in [0, 0.05) is 5.92 Å². The van der Waals surface area contributed by atoms with E-state index in [2.05, 4.69) is 0 Å². The summed E-state index contributed by atoms with van der Waals surface area (Å²) < 4.78 is 0. The normalized spacial score (nSPS) is 12.9. The van der Waals surface area contributed by atoms with Crippen LogP contribution in [0.25, 0.3) is 0 Å². The lowest BCUT2D eigenvalue weighted by atomic mass is 9.99. The van der Waals surface area contributed by atoms with Gasteiger partial charge in [0.25, 0.3) is 0 Å². The maximum absolute atomic E-state index is 10.8. The molecule has 72 valence electrons. The second-order valence-electron chi connectivity index (χ2n) is 3.50. The maximum atomic E-state index is 10.8. The standard InChI is InChI=1S/C10H21NO/c1-9(10(2)12)7-5-3-4-6-8-11/h9H,3-8,11H2,1-2H3. The van der Waals surface area contributed by atoms with E-state index < -0.39 is 0 Å². The van der Waals surface area contributed by atoms with Crippen LogP contribution >= 0.6 is 0 Å². The first-order valence-corrected chi connectivity index (χ1v) is 4.89. The Morgan fingerprint density at radius 2 is 1.83 bits per heavy atom. The van der Waals surface area contributed by atoms with E-state index in [0.717, 1.165) is 19.4 Å². The zero-order chi connectivity index (χ0) is 9.40. The molecular weight excluding hydrogens is 150 g/mol. The average Bonchev–Trinajstić information content (AvgIpc) is 2.03. The minimum Gasteiger partial charge on any atom is -0.330 e. The van der Waals surface area contributed by atoms with Crippen LogP contribution < -0.4 is 5.73 Å². The molecule has 0 aliphatic carbocycles. The topological polar surface area (TPSA) is 43.1 Å². The van der Waals surface area contributed by atoms with Gasteiger partial charge in [-0.25, -0.2) is 0 Å². The lowest BCUT2D eigenvalue weighted by molar-refractivity contribution is -0.120. The Labute approximate surface area is 75.5 Å². The molecule has 0 radical (unpaired) electrons. The molecule has 0 spiro atoms. The lowest BCUT2D eigenvalue weighted by Crippen LogP contribution is -2.05. The fraction of sp³-hybridized carbons (Fsp3) is 0.900. The van der Waals surface area contributed by atoms with Crippen molar-refractivity contribution in [2.45, 2.75) is 46.0 Å². The number of unbranched alkanes of at least 4 members (excludes halogenated alkanes) is 3. The first kappa shape index (κ1) is 11.6. The molecule has 0 aromatic carbocycles. The summed E-state index contributed by atoms with van der Waals surface area (Å²) in [5.74, 6) is 0.566. The number of ketones is 1. The van der Waals surface area contributed by atoms with Gasteiger partial charge in [0.05, 0.1) is 0 Å². The van der Waals surface area contributed by atoms with Gasteiger partial charge in [0.2, 0.25) is 0 Å². The SMILES string of the molecule is CC(=O)C(C)CCCCCCN. The fourth-order valence-electron chi connectivity index (χ4n) is 1.15. The second-order valence-corrected chi connectivity index (χ2v) is 3.50. The van der Waals surface area contributed by atoms with Gasteiger partial charge >= 0.3 is 0 Å². The van der Waals surface area contributed by atoms with Gasteiger partial charge in [-0.2, -0.15) is 0 Å². The predicted octanol–water partition coefficient (Wildman–Crippen LogP) is 2.12. The Morgan fingerprint density at radius 1 is 1.25 bits per heavy atom. The van der Waals surface area contributed by atoms with Crippen molar-refractivity contribution in [1.82, 2.24) is 0 Å². The molecule has 2 nitrogen and oxygen atoms in total. The minimum atomic E-state index is 0.253. The summed E-state index contributed by atoms with van der Waals surface area (Å²) in [6.07, 6.45) is 5.76. The summed E-state index contributed by atoms with van der Waals surface area (Å²) in [6, 6.07) is 0. The van der Waals surface area contributed by atoms with Gasteiger partial charge in [0.1, 0.15) is 5.78 Å². The summed E-state index contributed by atoms with van der Waals surface area (Å²) in [5, 5.41) is 0. The average molecular weight is 171 g/mol. The molecule has 0 aliphatic heterocycles. The van der Waals surface area contributed by atoms with E-state index in [9.17, 15) is 4.79 Å². The minimum absolute atomic E-state index is 0.253. The van der Waals surface area contributed by atoms with E-state index in [1.807, 2.05) is 6.92 Å². The molecule has 0 rings (SSSR count).